The van der Waals surface area contributed by atoms with Gasteiger partial charge in [-0.25, -0.2) is 9.67 Å². The number of benzene rings is 1. The topological polar surface area (TPSA) is 42.7 Å². The molecule has 1 aliphatic rings. The molecule has 1 aliphatic carbocycles. The van der Waals surface area contributed by atoms with Crippen molar-refractivity contribution < 1.29 is 0 Å². The van der Waals surface area contributed by atoms with Gasteiger partial charge in [-0.05, 0) is 30.5 Å². The van der Waals surface area contributed by atoms with Gasteiger partial charge in [0.15, 0.2) is 5.82 Å². The van der Waals surface area contributed by atoms with Crippen molar-refractivity contribution in [1.82, 2.24) is 20.1 Å². The average molecular weight is 263 g/mol. The quantitative estimate of drug-likeness (QED) is 0.899. The predicted octanol–water partition coefficient (Wildman–Crippen LogP) is 2.23. The van der Waals surface area contributed by atoms with Gasteiger partial charge >= 0.3 is 0 Å². The lowest BCUT2D eigenvalue weighted by Crippen LogP contribution is -2.16. The van der Waals surface area contributed by atoms with Crippen LogP contribution in [0.5, 0.6) is 0 Å². The number of hydrogen-bond donors (Lipinski definition) is 1. The van der Waals surface area contributed by atoms with Crippen LogP contribution in [0.3, 0.4) is 0 Å². The van der Waals surface area contributed by atoms with E-state index in [2.05, 4.69) is 15.4 Å². The molecular formula is C13H15ClN4. The molecule has 0 aliphatic heterocycles. The van der Waals surface area contributed by atoms with E-state index < -0.39 is 0 Å². The summed E-state index contributed by atoms with van der Waals surface area (Å²) in [4.78, 5) is 4.29. The van der Waals surface area contributed by atoms with E-state index in [1.165, 1.54) is 18.4 Å². The maximum absolute atomic E-state index is 5.85. The second-order valence-electron chi connectivity index (χ2n) is 4.64. The van der Waals surface area contributed by atoms with Crippen LogP contribution in [-0.2, 0) is 13.1 Å². The normalized spacial score (nSPS) is 14.9. The van der Waals surface area contributed by atoms with Crippen molar-refractivity contribution in [1.29, 1.82) is 0 Å². The first-order valence-electron chi connectivity index (χ1n) is 6.16. The van der Waals surface area contributed by atoms with Gasteiger partial charge in [-0.2, -0.15) is 5.10 Å². The molecule has 3 rings (SSSR count). The van der Waals surface area contributed by atoms with E-state index in [1.807, 2.05) is 28.9 Å². The molecule has 0 saturated heterocycles. The zero-order chi connectivity index (χ0) is 12.4. The van der Waals surface area contributed by atoms with E-state index in [0.29, 0.717) is 6.04 Å². The van der Waals surface area contributed by atoms with Crippen LogP contribution in [0, 0.1) is 0 Å². The monoisotopic (exact) mass is 262 g/mol. The van der Waals surface area contributed by atoms with E-state index in [1.54, 1.807) is 6.33 Å². The molecule has 18 heavy (non-hydrogen) atoms. The first kappa shape index (κ1) is 11.7. The first-order chi connectivity index (χ1) is 8.79. The fraction of sp³-hybridized carbons (Fsp3) is 0.385. The minimum atomic E-state index is 0.688. The molecular weight excluding hydrogens is 248 g/mol. The van der Waals surface area contributed by atoms with Gasteiger partial charge in [-0.15, -0.1) is 0 Å². The number of halogens is 1. The summed E-state index contributed by atoms with van der Waals surface area (Å²) in [7, 11) is 0. The molecule has 1 N–H and O–H groups in total. The summed E-state index contributed by atoms with van der Waals surface area (Å²) >= 11 is 5.85. The van der Waals surface area contributed by atoms with E-state index >= 15 is 0 Å². The second-order valence-corrected chi connectivity index (χ2v) is 5.08. The third-order valence-electron chi connectivity index (χ3n) is 2.97. The summed E-state index contributed by atoms with van der Waals surface area (Å²) in [5.41, 5.74) is 1.17. The molecule has 5 heteroatoms. The van der Waals surface area contributed by atoms with Gasteiger partial charge < -0.3 is 5.32 Å². The minimum absolute atomic E-state index is 0.688. The Labute approximate surface area is 111 Å². The highest BCUT2D eigenvalue weighted by atomic mass is 35.5. The molecule has 1 fully saturated rings. The van der Waals surface area contributed by atoms with Crippen molar-refractivity contribution in [2.45, 2.75) is 32.0 Å². The van der Waals surface area contributed by atoms with Gasteiger partial charge in [0.25, 0.3) is 0 Å². The summed E-state index contributed by atoms with van der Waals surface area (Å²) in [5, 5.41) is 8.60. The lowest BCUT2D eigenvalue weighted by molar-refractivity contribution is 0.628. The summed E-state index contributed by atoms with van der Waals surface area (Å²) in [6.07, 6.45) is 4.34. The Morgan fingerprint density at radius 1 is 1.28 bits per heavy atom. The average Bonchev–Trinajstić information content (AvgIpc) is 3.10. The smallest absolute Gasteiger partial charge is 0.164 e. The molecule has 1 heterocycles. The number of nitrogens with one attached hydrogen (secondary N) is 1. The molecule has 2 aromatic rings. The summed E-state index contributed by atoms with van der Waals surface area (Å²) in [6, 6.07) is 8.48. The van der Waals surface area contributed by atoms with Crippen molar-refractivity contribution >= 4 is 11.6 Å². The van der Waals surface area contributed by atoms with Crippen molar-refractivity contribution in [2.75, 3.05) is 0 Å². The van der Waals surface area contributed by atoms with Crippen LogP contribution in [0.1, 0.15) is 24.2 Å². The molecule has 1 aromatic carbocycles. The summed E-state index contributed by atoms with van der Waals surface area (Å²) in [5.74, 6) is 0.857. The number of aromatic nitrogens is 3. The molecule has 0 radical (unpaired) electrons. The molecule has 0 unspecified atom stereocenters. The van der Waals surface area contributed by atoms with Gasteiger partial charge in [0, 0.05) is 11.1 Å². The largest absolute Gasteiger partial charge is 0.307 e. The highest BCUT2D eigenvalue weighted by Gasteiger charge is 2.20. The Kier molecular flexibility index (Phi) is 3.30. The third kappa shape index (κ3) is 3.09. The molecule has 0 bridgehead atoms. The third-order valence-corrected chi connectivity index (χ3v) is 3.22. The van der Waals surface area contributed by atoms with Crippen molar-refractivity contribution in [3.05, 3.63) is 47.0 Å². The van der Waals surface area contributed by atoms with E-state index in [4.69, 9.17) is 11.6 Å². The zero-order valence-corrected chi connectivity index (χ0v) is 10.8. The van der Waals surface area contributed by atoms with Gasteiger partial charge in [-0.3, -0.25) is 0 Å². The minimum Gasteiger partial charge on any atom is -0.307 e. The lowest BCUT2D eigenvalue weighted by atomic mass is 10.2. The van der Waals surface area contributed by atoms with E-state index in [9.17, 15) is 0 Å². The molecule has 1 saturated carbocycles. The highest BCUT2D eigenvalue weighted by Crippen LogP contribution is 2.18. The van der Waals surface area contributed by atoms with Crippen LogP contribution in [0.15, 0.2) is 30.6 Å². The van der Waals surface area contributed by atoms with Crippen LogP contribution in [0.25, 0.3) is 0 Å². The first-order valence-corrected chi connectivity index (χ1v) is 6.53. The van der Waals surface area contributed by atoms with E-state index in [-0.39, 0.29) is 0 Å². The second kappa shape index (κ2) is 5.08. The zero-order valence-electron chi connectivity index (χ0n) is 10.0. The number of rotatable bonds is 5. The molecule has 1 aromatic heterocycles. The van der Waals surface area contributed by atoms with Crippen molar-refractivity contribution in [3.63, 3.8) is 0 Å². The van der Waals surface area contributed by atoms with Gasteiger partial charge in [0.05, 0.1) is 13.1 Å². The molecule has 0 amide bonds. The fourth-order valence-electron chi connectivity index (χ4n) is 1.79. The number of hydrogen-bond acceptors (Lipinski definition) is 3. The molecule has 4 nitrogen and oxygen atoms in total. The maximum Gasteiger partial charge on any atom is 0.164 e. The summed E-state index contributed by atoms with van der Waals surface area (Å²) in [6.45, 7) is 1.49. The Bertz CT molecular complexity index is 516. The van der Waals surface area contributed by atoms with Crippen LogP contribution >= 0.6 is 11.6 Å². The molecule has 0 atom stereocenters. The highest BCUT2D eigenvalue weighted by molar-refractivity contribution is 6.30. The number of nitrogens with zero attached hydrogens (tertiary/aromatic N) is 3. The SMILES string of the molecule is Clc1ccc(Cn2cnc(CNC3CC3)n2)cc1. The van der Waals surface area contributed by atoms with Crippen LogP contribution in [-0.4, -0.2) is 20.8 Å². The maximum atomic E-state index is 5.85. The lowest BCUT2D eigenvalue weighted by Gasteiger charge is -2.01. The van der Waals surface area contributed by atoms with Gasteiger partial charge in [-0.1, -0.05) is 23.7 Å². The molecule has 0 spiro atoms. The Morgan fingerprint density at radius 2 is 2.06 bits per heavy atom. The van der Waals surface area contributed by atoms with Gasteiger partial charge in [0.1, 0.15) is 6.33 Å². The standard InChI is InChI=1S/C13H15ClN4/c14-11-3-1-10(2-4-11)8-18-9-16-13(17-18)7-15-12-5-6-12/h1-4,9,12,15H,5-8H2. The van der Waals surface area contributed by atoms with Gasteiger partial charge in [0.2, 0.25) is 0 Å². The van der Waals surface area contributed by atoms with Crippen LogP contribution in [0.2, 0.25) is 5.02 Å². The Hall–Kier alpha value is -1.39. The predicted molar refractivity (Wildman–Crippen MR) is 70.4 cm³/mol. The summed E-state index contributed by atoms with van der Waals surface area (Å²) < 4.78 is 1.85. The van der Waals surface area contributed by atoms with Crippen molar-refractivity contribution in [3.8, 4) is 0 Å². The van der Waals surface area contributed by atoms with E-state index in [0.717, 1.165) is 23.9 Å². The van der Waals surface area contributed by atoms with Crippen molar-refractivity contribution in [2.24, 2.45) is 0 Å². The molecule has 94 valence electrons. The Balaban J connectivity index is 1.60. The van der Waals surface area contributed by atoms with Crippen LogP contribution < -0.4 is 5.32 Å². The van der Waals surface area contributed by atoms with Crippen LogP contribution in [0.4, 0.5) is 0 Å². The fourth-order valence-corrected chi connectivity index (χ4v) is 1.92. The Morgan fingerprint density at radius 3 is 2.78 bits per heavy atom.